The molecule has 0 amide bonds. The zero-order valence-corrected chi connectivity index (χ0v) is 15.7. The largest absolute Gasteiger partial charge is 0.494 e. The second-order valence-electron chi connectivity index (χ2n) is 9.53. The molecule has 5 fully saturated rings. The van der Waals surface area contributed by atoms with Crippen molar-refractivity contribution in [2.24, 2.45) is 16.7 Å². The quantitative estimate of drug-likeness (QED) is 0.746. The summed E-state index contributed by atoms with van der Waals surface area (Å²) >= 11 is 0. The molecule has 0 aromatic heterocycles. The van der Waals surface area contributed by atoms with Crippen LogP contribution >= 0.6 is 0 Å². The highest BCUT2D eigenvalue weighted by molar-refractivity contribution is 5.29. The van der Waals surface area contributed by atoms with Crippen molar-refractivity contribution >= 4 is 0 Å². The lowest BCUT2D eigenvalue weighted by Gasteiger charge is -2.42. The number of benzene rings is 1. The molecule has 5 aliphatic rings. The summed E-state index contributed by atoms with van der Waals surface area (Å²) in [6, 6.07) is 5.27. The molecule has 2 bridgehead atoms. The van der Waals surface area contributed by atoms with Gasteiger partial charge in [-0.3, -0.25) is 4.90 Å². The third kappa shape index (κ3) is 2.76. The molecule has 6 rings (SSSR count). The van der Waals surface area contributed by atoms with Crippen LogP contribution < -0.4 is 4.74 Å². The average Bonchev–Trinajstić information content (AvgIpc) is 2.85. The van der Waals surface area contributed by atoms with E-state index in [0.29, 0.717) is 16.6 Å². The van der Waals surface area contributed by atoms with Crippen molar-refractivity contribution in [3.8, 4) is 5.75 Å². The minimum Gasteiger partial charge on any atom is -0.494 e. The molecule has 2 aliphatic carbocycles. The normalized spacial score (nSPS) is 40.3. The van der Waals surface area contributed by atoms with Crippen LogP contribution in [0, 0.1) is 22.6 Å². The van der Waals surface area contributed by atoms with Gasteiger partial charge >= 0.3 is 0 Å². The van der Waals surface area contributed by atoms with Gasteiger partial charge in [-0.15, -0.1) is 0 Å². The Morgan fingerprint density at radius 1 is 1.31 bits per heavy atom. The number of methoxy groups -OCH3 is 1. The molecule has 3 heterocycles. The fourth-order valence-corrected chi connectivity index (χ4v) is 5.73. The average molecular weight is 361 g/mol. The topological polar surface area (TPSA) is 30.9 Å². The van der Waals surface area contributed by atoms with Crippen molar-refractivity contribution < 1.29 is 18.6 Å². The maximum absolute atomic E-state index is 13.9. The lowest BCUT2D eigenvalue weighted by atomic mass is 9.64. The SMILES string of the molecule is COc1ccc(CN2CC3CC3(COCC34CC(C)(CO3)C4)C2)cc1F. The molecule has 2 atom stereocenters. The van der Waals surface area contributed by atoms with E-state index in [1.165, 1.54) is 13.5 Å². The first-order valence-corrected chi connectivity index (χ1v) is 9.70. The second-order valence-corrected chi connectivity index (χ2v) is 9.53. The Hall–Kier alpha value is -1.17. The number of piperidine rings is 1. The van der Waals surface area contributed by atoms with E-state index in [2.05, 4.69) is 11.8 Å². The number of fused-ring (bicyclic) bond motifs is 2. The molecule has 0 spiro atoms. The summed E-state index contributed by atoms with van der Waals surface area (Å²) in [5, 5.41) is 0. The highest BCUT2D eigenvalue weighted by atomic mass is 19.1. The molecule has 4 nitrogen and oxygen atoms in total. The Bertz CT molecular complexity index is 717. The van der Waals surface area contributed by atoms with E-state index in [4.69, 9.17) is 14.2 Å². The van der Waals surface area contributed by atoms with Gasteiger partial charge in [-0.1, -0.05) is 13.0 Å². The molecule has 142 valence electrons. The van der Waals surface area contributed by atoms with Crippen LogP contribution in [0.1, 0.15) is 31.7 Å². The van der Waals surface area contributed by atoms with E-state index in [9.17, 15) is 4.39 Å². The van der Waals surface area contributed by atoms with Crippen LogP contribution in [0.15, 0.2) is 18.2 Å². The molecular weight excluding hydrogens is 333 g/mol. The number of ether oxygens (including phenoxy) is 3. The van der Waals surface area contributed by atoms with Gasteiger partial charge in [0, 0.05) is 25.0 Å². The second kappa shape index (κ2) is 5.66. The van der Waals surface area contributed by atoms with Crippen LogP contribution in [0.25, 0.3) is 0 Å². The zero-order chi connectivity index (χ0) is 18.0. The van der Waals surface area contributed by atoms with Crippen LogP contribution in [0.3, 0.4) is 0 Å². The molecular formula is C21H28FNO3. The minimum absolute atomic E-state index is 0.0225. The first-order valence-electron chi connectivity index (χ1n) is 9.70. The summed E-state index contributed by atoms with van der Waals surface area (Å²) in [7, 11) is 1.50. The molecule has 2 saturated carbocycles. The molecule has 1 aromatic rings. The summed E-state index contributed by atoms with van der Waals surface area (Å²) in [5.41, 5.74) is 1.77. The molecule has 0 radical (unpaired) electrons. The lowest BCUT2D eigenvalue weighted by Crippen LogP contribution is -2.46. The third-order valence-corrected chi connectivity index (χ3v) is 6.98. The Kier molecular flexibility index (Phi) is 3.70. The number of nitrogens with zero attached hydrogens (tertiary/aromatic N) is 1. The van der Waals surface area contributed by atoms with Crippen molar-refractivity contribution in [3.63, 3.8) is 0 Å². The van der Waals surface area contributed by atoms with Gasteiger partial charge in [0.25, 0.3) is 0 Å². The molecule has 26 heavy (non-hydrogen) atoms. The molecule has 2 unspecified atom stereocenters. The van der Waals surface area contributed by atoms with Crippen LogP contribution in [0.5, 0.6) is 5.75 Å². The summed E-state index contributed by atoms with van der Waals surface area (Å²) in [5.74, 6) is 0.762. The van der Waals surface area contributed by atoms with Crippen LogP contribution in [0.2, 0.25) is 0 Å². The first-order chi connectivity index (χ1) is 12.4. The van der Waals surface area contributed by atoms with Crippen molar-refractivity contribution in [1.29, 1.82) is 0 Å². The van der Waals surface area contributed by atoms with Gasteiger partial charge in [-0.25, -0.2) is 4.39 Å². The summed E-state index contributed by atoms with van der Waals surface area (Å²) in [4.78, 5) is 2.43. The van der Waals surface area contributed by atoms with Crippen LogP contribution in [0.4, 0.5) is 4.39 Å². The molecule has 3 saturated heterocycles. The van der Waals surface area contributed by atoms with Crippen molar-refractivity contribution in [3.05, 3.63) is 29.6 Å². The molecule has 1 aromatic carbocycles. The number of hydrogen-bond donors (Lipinski definition) is 0. The van der Waals surface area contributed by atoms with Gasteiger partial charge in [-0.05, 0) is 48.3 Å². The van der Waals surface area contributed by atoms with E-state index in [1.807, 2.05) is 6.07 Å². The number of hydrogen-bond acceptors (Lipinski definition) is 4. The Morgan fingerprint density at radius 2 is 2.15 bits per heavy atom. The minimum atomic E-state index is -0.282. The summed E-state index contributed by atoms with van der Waals surface area (Å²) in [6.45, 7) is 7.74. The van der Waals surface area contributed by atoms with Gasteiger partial charge < -0.3 is 14.2 Å². The molecule has 3 aliphatic heterocycles. The van der Waals surface area contributed by atoms with E-state index in [-0.39, 0.29) is 11.4 Å². The predicted molar refractivity (Wildman–Crippen MR) is 95.6 cm³/mol. The Morgan fingerprint density at radius 3 is 2.85 bits per heavy atom. The number of likely N-dealkylation sites (tertiary alicyclic amines) is 1. The standard InChI is InChI=1S/C21H28FNO3/c1-19-9-21(10-19,26-12-19)14-25-13-20-6-16(20)8-23(11-20)7-15-3-4-18(24-2)17(22)5-15/h3-5,16H,6-14H2,1-2H3. The number of halogens is 1. The Balaban J connectivity index is 1.12. The summed E-state index contributed by atoms with van der Waals surface area (Å²) in [6.07, 6.45) is 3.59. The fourth-order valence-electron chi connectivity index (χ4n) is 5.73. The molecule has 0 N–H and O–H groups in total. The van der Waals surface area contributed by atoms with Gasteiger partial charge in [0.05, 0.1) is 32.5 Å². The van der Waals surface area contributed by atoms with Crippen LogP contribution in [-0.2, 0) is 16.0 Å². The third-order valence-electron chi connectivity index (χ3n) is 6.98. The van der Waals surface area contributed by atoms with E-state index >= 15 is 0 Å². The van der Waals surface area contributed by atoms with Gasteiger partial charge in [0.15, 0.2) is 11.6 Å². The van der Waals surface area contributed by atoms with E-state index < -0.39 is 0 Å². The fraction of sp³-hybridized carbons (Fsp3) is 0.714. The summed E-state index contributed by atoms with van der Waals surface area (Å²) < 4.78 is 31.0. The van der Waals surface area contributed by atoms with Gasteiger partial charge in [0.1, 0.15) is 0 Å². The van der Waals surface area contributed by atoms with Crippen molar-refractivity contribution in [2.45, 2.75) is 38.3 Å². The smallest absolute Gasteiger partial charge is 0.165 e. The van der Waals surface area contributed by atoms with Gasteiger partial charge in [-0.2, -0.15) is 0 Å². The van der Waals surface area contributed by atoms with Crippen molar-refractivity contribution in [2.75, 3.05) is 40.0 Å². The maximum atomic E-state index is 13.9. The zero-order valence-electron chi connectivity index (χ0n) is 15.7. The molecule has 5 heteroatoms. The highest BCUT2D eigenvalue weighted by Gasteiger charge is 2.62. The van der Waals surface area contributed by atoms with E-state index in [1.54, 1.807) is 12.1 Å². The monoisotopic (exact) mass is 361 g/mol. The van der Waals surface area contributed by atoms with Gasteiger partial charge in [0.2, 0.25) is 0 Å². The maximum Gasteiger partial charge on any atom is 0.165 e. The van der Waals surface area contributed by atoms with Crippen LogP contribution in [-0.4, -0.2) is 50.5 Å². The van der Waals surface area contributed by atoms with E-state index in [0.717, 1.165) is 63.8 Å². The Labute approximate surface area is 154 Å². The van der Waals surface area contributed by atoms with Crippen molar-refractivity contribution in [1.82, 2.24) is 4.90 Å². The predicted octanol–water partition coefficient (Wildman–Crippen LogP) is 3.24. The lowest BCUT2D eigenvalue weighted by molar-refractivity contribution is -0.0875. The highest BCUT2D eigenvalue weighted by Crippen LogP contribution is 2.60. The number of rotatable bonds is 7. The first kappa shape index (κ1) is 17.0.